The molecule has 0 fully saturated rings. The molecule has 2 rings (SSSR count). The summed E-state index contributed by atoms with van der Waals surface area (Å²) in [7, 11) is -3.14. The van der Waals surface area contributed by atoms with Crippen LogP contribution in [-0.4, -0.2) is 26.0 Å². The number of unbranched alkanes of at least 4 members (excludes halogenated alkanes) is 1. The summed E-state index contributed by atoms with van der Waals surface area (Å²) >= 11 is 0. The summed E-state index contributed by atoms with van der Waals surface area (Å²) in [5.41, 5.74) is 1.29. The molecule has 0 aliphatic carbocycles. The van der Waals surface area contributed by atoms with Gasteiger partial charge in [-0.25, -0.2) is 8.42 Å². The Hall–Kier alpha value is -2.15. The molecule has 7 heteroatoms. The SMILES string of the molecule is CCCCC(=O)Nc1ccc(NC(=O)C[C@@H]2C=CS(=O)(=O)C2)cc1. The van der Waals surface area contributed by atoms with Gasteiger partial charge in [0, 0.05) is 35.5 Å². The summed E-state index contributed by atoms with van der Waals surface area (Å²) < 4.78 is 22.6. The molecule has 2 N–H and O–H groups in total. The van der Waals surface area contributed by atoms with E-state index in [-0.39, 0.29) is 29.9 Å². The molecule has 24 heavy (non-hydrogen) atoms. The Bertz CT molecular complexity index is 723. The third-order valence-electron chi connectivity index (χ3n) is 3.66. The second-order valence-corrected chi connectivity index (χ2v) is 7.83. The van der Waals surface area contributed by atoms with Crippen molar-refractivity contribution in [2.75, 3.05) is 16.4 Å². The fraction of sp³-hybridized carbons (Fsp3) is 0.412. The molecule has 1 aromatic rings. The van der Waals surface area contributed by atoms with Gasteiger partial charge in [0.15, 0.2) is 9.84 Å². The van der Waals surface area contributed by atoms with Crippen LogP contribution in [0.4, 0.5) is 11.4 Å². The quantitative estimate of drug-likeness (QED) is 0.791. The zero-order chi connectivity index (χ0) is 17.6. The van der Waals surface area contributed by atoms with Gasteiger partial charge in [-0.15, -0.1) is 0 Å². The molecule has 0 bridgehead atoms. The molecule has 1 atom stereocenters. The molecule has 1 heterocycles. The van der Waals surface area contributed by atoms with Crippen LogP contribution in [0.25, 0.3) is 0 Å². The number of amides is 2. The van der Waals surface area contributed by atoms with Gasteiger partial charge in [-0.1, -0.05) is 19.4 Å². The molecule has 0 unspecified atom stereocenters. The first kappa shape index (κ1) is 18.2. The standard InChI is InChI=1S/C17H22N2O4S/c1-2-3-4-16(20)18-14-5-7-15(8-6-14)19-17(21)11-13-9-10-24(22,23)12-13/h5-10,13H,2-4,11-12H2,1H3,(H,18,20)(H,19,21)/t13-/m0/s1. The third kappa shape index (κ3) is 5.81. The molecule has 6 nitrogen and oxygen atoms in total. The largest absolute Gasteiger partial charge is 0.326 e. The normalized spacial score (nSPS) is 18.3. The van der Waals surface area contributed by atoms with E-state index in [9.17, 15) is 18.0 Å². The highest BCUT2D eigenvalue weighted by Gasteiger charge is 2.23. The van der Waals surface area contributed by atoms with E-state index in [0.29, 0.717) is 17.8 Å². The van der Waals surface area contributed by atoms with Crippen LogP contribution in [0.1, 0.15) is 32.6 Å². The second kappa shape index (κ2) is 8.10. The van der Waals surface area contributed by atoms with Crippen LogP contribution in [0.3, 0.4) is 0 Å². The molecule has 1 aromatic carbocycles. The number of sulfone groups is 1. The van der Waals surface area contributed by atoms with Gasteiger partial charge in [0.05, 0.1) is 5.75 Å². The van der Waals surface area contributed by atoms with Crippen molar-refractivity contribution in [2.24, 2.45) is 5.92 Å². The summed E-state index contributed by atoms with van der Waals surface area (Å²) in [5.74, 6) is -0.542. The minimum absolute atomic E-state index is 0.0108. The highest BCUT2D eigenvalue weighted by Crippen LogP contribution is 2.20. The predicted octanol–water partition coefficient (Wildman–Crippen LogP) is 2.70. The zero-order valence-electron chi connectivity index (χ0n) is 13.6. The minimum Gasteiger partial charge on any atom is -0.326 e. The number of hydrogen-bond donors (Lipinski definition) is 2. The van der Waals surface area contributed by atoms with Crippen LogP contribution < -0.4 is 10.6 Å². The monoisotopic (exact) mass is 350 g/mol. The van der Waals surface area contributed by atoms with E-state index >= 15 is 0 Å². The molecule has 130 valence electrons. The molecule has 0 saturated carbocycles. The van der Waals surface area contributed by atoms with Crippen molar-refractivity contribution in [3.05, 3.63) is 35.7 Å². The number of nitrogens with one attached hydrogen (secondary N) is 2. The van der Waals surface area contributed by atoms with Gasteiger partial charge in [-0.2, -0.15) is 0 Å². The summed E-state index contributed by atoms with van der Waals surface area (Å²) in [6, 6.07) is 6.85. The summed E-state index contributed by atoms with van der Waals surface area (Å²) in [4.78, 5) is 23.6. The molecule has 2 amide bonds. The van der Waals surface area contributed by atoms with Crippen LogP contribution in [0.15, 0.2) is 35.7 Å². The van der Waals surface area contributed by atoms with Crippen molar-refractivity contribution >= 4 is 33.0 Å². The Morgan fingerprint density at radius 3 is 2.17 bits per heavy atom. The Labute approximate surface area is 142 Å². The van der Waals surface area contributed by atoms with Gasteiger partial charge in [0.2, 0.25) is 11.8 Å². The number of carbonyl (C=O) groups excluding carboxylic acids is 2. The first-order valence-electron chi connectivity index (χ1n) is 7.98. The van der Waals surface area contributed by atoms with E-state index in [0.717, 1.165) is 12.8 Å². The lowest BCUT2D eigenvalue weighted by Crippen LogP contribution is -2.17. The van der Waals surface area contributed by atoms with E-state index in [1.54, 1.807) is 30.3 Å². The molecule has 1 aliphatic heterocycles. The van der Waals surface area contributed by atoms with Crippen molar-refractivity contribution in [2.45, 2.75) is 32.6 Å². The van der Waals surface area contributed by atoms with Crippen LogP contribution in [0, 0.1) is 5.92 Å². The average molecular weight is 350 g/mol. The van der Waals surface area contributed by atoms with Gasteiger partial charge in [-0.05, 0) is 30.7 Å². The van der Waals surface area contributed by atoms with E-state index in [1.807, 2.05) is 6.92 Å². The average Bonchev–Trinajstić information content (AvgIpc) is 2.85. The smallest absolute Gasteiger partial charge is 0.224 e. The van der Waals surface area contributed by atoms with E-state index < -0.39 is 9.84 Å². The zero-order valence-corrected chi connectivity index (χ0v) is 14.4. The number of hydrogen-bond acceptors (Lipinski definition) is 4. The lowest BCUT2D eigenvalue weighted by molar-refractivity contribution is -0.117. The maximum atomic E-state index is 12.0. The lowest BCUT2D eigenvalue weighted by Gasteiger charge is -2.09. The van der Waals surface area contributed by atoms with Gasteiger partial charge >= 0.3 is 0 Å². The Morgan fingerprint density at radius 1 is 1.08 bits per heavy atom. The Morgan fingerprint density at radius 2 is 1.67 bits per heavy atom. The van der Waals surface area contributed by atoms with Crippen molar-refractivity contribution < 1.29 is 18.0 Å². The molecule has 1 aliphatic rings. The van der Waals surface area contributed by atoms with E-state index in [1.165, 1.54) is 5.41 Å². The second-order valence-electron chi connectivity index (χ2n) is 5.90. The van der Waals surface area contributed by atoms with Gasteiger partial charge in [0.1, 0.15) is 0 Å². The molecule has 0 aromatic heterocycles. The maximum Gasteiger partial charge on any atom is 0.224 e. The first-order valence-corrected chi connectivity index (χ1v) is 9.70. The number of allylic oxidation sites excluding steroid dienone is 1. The topological polar surface area (TPSA) is 92.3 Å². The van der Waals surface area contributed by atoms with Gasteiger partial charge in [-0.3, -0.25) is 9.59 Å². The van der Waals surface area contributed by atoms with Gasteiger partial charge < -0.3 is 10.6 Å². The van der Waals surface area contributed by atoms with Crippen molar-refractivity contribution in [1.82, 2.24) is 0 Å². The van der Waals surface area contributed by atoms with Gasteiger partial charge in [0.25, 0.3) is 0 Å². The van der Waals surface area contributed by atoms with Crippen molar-refractivity contribution in [3.8, 4) is 0 Å². The Kier molecular flexibility index (Phi) is 6.14. The number of rotatable bonds is 7. The Balaban J connectivity index is 1.82. The fourth-order valence-corrected chi connectivity index (χ4v) is 3.81. The third-order valence-corrected chi connectivity index (χ3v) is 5.13. The number of anilines is 2. The molecule has 0 radical (unpaired) electrons. The van der Waals surface area contributed by atoms with Crippen LogP contribution in [0.5, 0.6) is 0 Å². The molecular formula is C17H22N2O4S. The minimum atomic E-state index is -3.14. The van der Waals surface area contributed by atoms with E-state index in [4.69, 9.17) is 0 Å². The summed E-state index contributed by atoms with van der Waals surface area (Å²) in [6.07, 6.45) is 4.00. The fourth-order valence-electron chi connectivity index (χ4n) is 2.42. The lowest BCUT2D eigenvalue weighted by atomic mass is 10.1. The molecule has 0 saturated heterocycles. The molecule has 0 spiro atoms. The summed E-state index contributed by atoms with van der Waals surface area (Å²) in [6.45, 7) is 2.03. The first-order chi connectivity index (χ1) is 11.4. The highest BCUT2D eigenvalue weighted by molar-refractivity contribution is 7.94. The van der Waals surface area contributed by atoms with Crippen molar-refractivity contribution in [1.29, 1.82) is 0 Å². The molecular weight excluding hydrogens is 328 g/mol. The maximum absolute atomic E-state index is 12.0. The van der Waals surface area contributed by atoms with Crippen LogP contribution in [0.2, 0.25) is 0 Å². The highest BCUT2D eigenvalue weighted by atomic mass is 32.2. The number of benzene rings is 1. The van der Waals surface area contributed by atoms with Crippen LogP contribution in [-0.2, 0) is 19.4 Å². The van der Waals surface area contributed by atoms with Crippen LogP contribution >= 0.6 is 0 Å². The predicted molar refractivity (Wildman–Crippen MR) is 94.3 cm³/mol. The van der Waals surface area contributed by atoms with Crippen molar-refractivity contribution in [3.63, 3.8) is 0 Å². The summed E-state index contributed by atoms with van der Waals surface area (Å²) in [5, 5.41) is 6.70. The number of carbonyl (C=O) groups is 2. The van der Waals surface area contributed by atoms with E-state index in [2.05, 4.69) is 10.6 Å².